The first-order valence-corrected chi connectivity index (χ1v) is 7.47. The van der Waals surface area contributed by atoms with Gasteiger partial charge in [0.1, 0.15) is 5.54 Å². The number of thioether (sulfide) groups is 1. The fourth-order valence-corrected chi connectivity index (χ4v) is 2.76. The van der Waals surface area contributed by atoms with Crippen molar-refractivity contribution in [2.75, 3.05) is 12.3 Å². The summed E-state index contributed by atoms with van der Waals surface area (Å²) < 4.78 is 1.49. The number of hydrogen-bond acceptors (Lipinski definition) is 5. The SMILES string of the molecule is CCNC(C#N)(CC)CCCSc1n[nH]c(=O)n1C. The van der Waals surface area contributed by atoms with Crippen molar-refractivity contribution in [3.05, 3.63) is 10.5 Å². The zero-order valence-electron chi connectivity index (χ0n) is 11.7. The molecule has 0 saturated carbocycles. The van der Waals surface area contributed by atoms with Gasteiger partial charge in [0.05, 0.1) is 6.07 Å². The van der Waals surface area contributed by atoms with Gasteiger partial charge in [0.15, 0.2) is 5.16 Å². The number of H-pyrrole nitrogens is 1. The van der Waals surface area contributed by atoms with Crippen LogP contribution in [0.5, 0.6) is 0 Å². The third-order valence-corrected chi connectivity index (χ3v) is 4.27. The van der Waals surface area contributed by atoms with Gasteiger partial charge in [-0.15, -0.1) is 5.10 Å². The molecule has 0 spiro atoms. The maximum atomic E-state index is 11.2. The summed E-state index contributed by atoms with van der Waals surface area (Å²) in [6, 6.07) is 2.38. The third kappa shape index (κ3) is 4.11. The van der Waals surface area contributed by atoms with Crippen molar-refractivity contribution in [3.8, 4) is 6.07 Å². The summed E-state index contributed by atoms with van der Waals surface area (Å²) >= 11 is 1.53. The zero-order chi connectivity index (χ0) is 14.3. The van der Waals surface area contributed by atoms with Crippen molar-refractivity contribution in [1.29, 1.82) is 5.26 Å². The normalized spacial score (nSPS) is 14.0. The molecule has 1 aromatic rings. The van der Waals surface area contributed by atoms with Gasteiger partial charge in [0.25, 0.3) is 0 Å². The van der Waals surface area contributed by atoms with Gasteiger partial charge in [-0.2, -0.15) is 5.26 Å². The molecule has 0 aliphatic carbocycles. The van der Waals surface area contributed by atoms with E-state index in [4.69, 9.17) is 0 Å². The van der Waals surface area contributed by atoms with Crippen molar-refractivity contribution in [2.24, 2.45) is 7.05 Å². The molecular formula is C12H21N5OS. The van der Waals surface area contributed by atoms with Crippen LogP contribution in [0, 0.1) is 11.3 Å². The summed E-state index contributed by atoms with van der Waals surface area (Å²) in [6.07, 6.45) is 2.50. The molecule has 6 nitrogen and oxygen atoms in total. The highest BCUT2D eigenvalue weighted by Crippen LogP contribution is 2.20. The summed E-state index contributed by atoms with van der Waals surface area (Å²) in [5, 5.41) is 19.6. The minimum absolute atomic E-state index is 0.199. The van der Waals surface area contributed by atoms with E-state index in [1.54, 1.807) is 7.05 Å². The molecular weight excluding hydrogens is 262 g/mol. The summed E-state index contributed by atoms with van der Waals surface area (Å²) in [5.41, 5.74) is -0.623. The van der Waals surface area contributed by atoms with E-state index in [-0.39, 0.29) is 5.69 Å². The molecule has 1 aromatic heterocycles. The third-order valence-electron chi connectivity index (χ3n) is 3.15. The molecule has 0 aliphatic rings. The van der Waals surface area contributed by atoms with Gasteiger partial charge in [-0.25, -0.2) is 9.89 Å². The summed E-state index contributed by atoms with van der Waals surface area (Å²) in [5.74, 6) is 0.840. The van der Waals surface area contributed by atoms with E-state index in [1.807, 2.05) is 13.8 Å². The Morgan fingerprint density at radius 3 is 2.79 bits per heavy atom. The lowest BCUT2D eigenvalue weighted by molar-refractivity contribution is 0.379. The fourth-order valence-electron chi connectivity index (χ4n) is 1.90. The fraction of sp³-hybridized carbons (Fsp3) is 0.750. The highest BCUT2D eigenvalue weighted by molar-refractivity contribution is 7.99. The quantitative estimate of drug-likeness (QED) is 0.554. The van der Waals surface area contributed by atoms with Crippen molar-refractivity contribution in [2.45, 2.75) is 43.8 Å². The summed E-state index contributed by atoms with van der Waals surface area (Å²) in [6.45, 7) is 4.83. The van der Waals surface area contributed by atoms with E-state index < -0.39 is 5.54 Å². The van der Waals surface area contributed by atoms with Crippen LogP contribution in [0.25, 0.3) is 0 Å². The van der Waals surface area contributed by atoms with E-state index in [0.29, 0.717) is 5.16 Å². The van der Waals surface area contributed by atoms with Crippen molar-refractivity contribution in [3.63, 3.8) is 0 Å². The predicted molar refractivity (Wildman–Crippen MR) is 76.1 cm³/mol. The first-order chi connectivity index (χ1) is 9.08. The number of aromatic amines is 1. The lowest BCUT2D eigenvalue weighted by atomic mass is 9.92. The number of nitrogens with one attached hydrogen (secondary N) is 2. The van der Waals surface area contributed by atoms with Gasteiger partial charge < -0.3 is 0 Å². The van der Waals surface area contributed by atoms with E-state index in [9.17, 15) is 10.1 Å². The van der Waals surface area contributed by atoms with Gasteiger partial charge in [0.2, 0.25) is 0 Å². The summed E-state index contributed by atoms with van der Waals surface area (Å²) in [7, 11) is 1.69. The first kappa shape index (κ1) is 15.8. The van der Waals surface area contributed by atoms with Crippen molar-refractivity contribution >= 4 is 11.8 Å². The molecule has 0 radical (unpaired) electrons. The molecule has 0 saturated heterocycles. The number of nitriles is 1. The molecule has 0 aromatic carbocycles. The van der Waals surface area contributed by atoms with Crippen LogP contribution in [0.4, 0.5) is 0 Å². The van der Waals surface area contributed by atoms with Crippen molar-refractivity contribution < 1.29 is 0 Å². The molecule has 0 bridgehead atoms. The van der Waals surface area contributed by atoms with E-state index in [2.05, 4.69) is 21.6 Å². The second-order valence-corrected chi connectivity index (χ2v) is 5.46. The van der Waals surface area contributed by atoms with Gasteiger partial charge >= 0.3 is 5.69 Å². The second kappa shape index (κ2) is 7.36. The molecule has 7 heteroatoms. The largest absolute Gasteiger partial charge is 0.343 e. The van der Waals surface area contributed by atoms with Gasteiger partial charge in [-0.1, -0.05) is 25.6 Å². The smallest absolute Gasteiger partial charge is 0.300 e. The molecule has 106 valence electrons. The zero-order valence-corrected chi connectivity index (χ0v) is 12.5. The Hall–Kier alpha value is -1.26. The number of aromatic nitrogens is 3. The average molecular weight is 283 g/mol. The van der Waals surface area contributed by atoms with E-state index in [0.717, 1.165) is 31.6 Å². The van der Waals surface area contributed by atoms with Crippen LogP contribution in [0.1, 0.15) is 33.1 Å². The minimum Gasteiger partial charge on any atom is -0.300 e. The van der Waals surface area contributed by atoms with Crippen LogP contribution in [0.2, 0.25) is 0 Å². The molecule has 0 amide bonds. The second-order valence-electron chi connectivity index (χ2n) is 4.40. The standard InChI is InChI=1S/C12H21N5OS/c1-4-12(9-13,14-5-2)7-6-8-19-11-16-15-10(18)17(11)3/h14H,4-8H2,1-3H3,(H,15,18). The Morgan fingerprint density at radius 2 is 2.32 bits per heavy atom. The first-order valence-electron chi connectivity index (χ1n) is 6.49. The average Bonchev–Trinajstić information content (AvgIpc) is 2.74. The monoisotopic (exact) mass is 283 g/mol. The Labute approximate surface area is 117 Å². The van der Waals surface area contributed by atoms with Crippen LogP contribution in [-0.4, -0.2) is 32.6 Å². The Morgan fingerprint density at radius 1 is 1.58 bits per heavy atom. The maximum Gasteiger partial charge on any atom is 0.343 e. The molecule has 2 N–H and O–H groups in total. The maximum absolute atomic E-state index is 11.2. The topological polar surface area (TPSA) is 86.5 Å². The Bertz CT molecular complexity index is 489. The van der Waals surface area contributed by atoms with Crippen LogP contribution >= 0.6 is 11.8 Å². The van der Waals surface area contributed by atoms with Crippen LogP contribution in [0.3, 0.4) is 0 Å². The van der Waals surface area contributed by atoms with Crippen LogP contribution in [-0.2, 0) is 7.05 Å². The lowest BCUT2D eigenvalue weighted by Gasteiger charge is -2.25. The van der Waals surface area contributed by atoms with Crippen LogP contribution < -0.4 is 11.0 Å². The van der Waals surface area contributed by atoms with Crippen LogP contribution in [0.15, 0.2) is 9.95 Å². The molecule has 1 unspecified atom stereocenters. The Kier molecular flexibility index (Phi) is 6.12. The minimum atomic E-state index is -0.424. The van der Waals surface area contributed by atoms with Crippen molar-refractivity contribution in [1.82, 2.24) is 20.1 Å². The molecule has 0 fully saturated rings. The van der Waals surface area contributed by atoms with E-state index in [1.165, 1.54) is 16.3 Å². The van der Waals surface area contributed by atoms with Gasteiger partial charge in [-0.05, 0) is 25.8 Å². The number of nitrogens with zero attached hydrogens (tertiary/aromatic N) is 3. The van der Waals surface area contributed by atoms with E-state index >= 15 is 0 Å². The lowest BCUT2D eigenvalue weighted by Crippen LogP contribution is -2.43. The highest BCUT2D eigenvalue weighted by atomic mass is 32.2. The molecule has 19 heavy (non-hydrogen) atoms. The Balaban J connectivity index is 2.43. The molecule has 1 heterocycles. The highest BCUT2D eigenvalue weighted by Gasteiger charge is 2.25. The van der Waals surface area contributed by atoms with Gasteiger partial charge in [-0.3, -0.25) is 9.88 Å². The summed E-state index contributed by atoms with van der Waals surface area (Å²) in [4.78, 5) is 11.2. The predicted octanol–water partition coefficient (Wildman–Crippen LogP) is 1.26. The molecule has 0 aliphatic heterocycles. The molecule has 1 atom stereocenters. The molecule has 1 rings (SSSR count). The number of hydrogen-bond donors (Lipinski definition) is 2. The number of rotatable bonds is 8. The van der Waals surface area contributed by atoms with Gasteiger partial charge in [0, 0.05) is 12.8 Å².